The maximum atomic E-state index is 5.49. The third-order valence-corrected chi connectivity index (χ3v) is 4.37. The van der Waals surface area contributed by atoms with Gasteiger partial charge >= 0.3 is 6.01 Å². The summed E-state index contributed by atoms with van der Waals surface area (Å²) in [5.41, 5.74) is 2.02. The van der Waals surface area contributed by atoms with Gasteiger partial charge in [0.1, 0.15) is 5.76 Å². The first kappa shape index (κ1) is 19.0. The zero-order valence-corrected chi connectivity index (χ0v) is 16.3. The van der Waals surface area contributed by atoms with Crippen LogP contribution in [0.3, 0.4) is 0 Å². The summed E-state index contributed by atoms with van der Waals surface area (Å²) >= 11 is 0. The molecular weight excluding hydrogens is 372 g/mol. The Hall–Kier alpha value is -3.33. The number of morpholine rings is 1. The van der Waals surface area contributed by atoms with Crippen LogP contribution in [0.2, 0.25) is 0 Å². The molecule has 1 aromatic carbocycles. The highest BCUT2D eigenvalue weighted by molar-refractivity contribution is 5.62. The molecule has 0 spiro atoms. The van der Waals surface area contributed by atoms with Gasteiger partial charge in [0.2, 0.25) is 11.9 Å². The van der Waals surface area contributed by atoms with E-state index in [9.17, 15) is 0 Å². The smallest absolute Gasteiger partial charge is 0.323 e. The fourth-order valence-electron chi connectivity index (χ4n) is 3.00. The zero-order chi connectivity index (χ0) is 19.9. The Morgan fingerprint density at radius 1 is 1.07 bits per heavy atom. The molecule has 0 amide bonds. The molecule has 0 saturated carbocycles. The van der Waals surface area contributed by atoms with Crippen molar-refractivity contribution in [2.24, 2.45) is 0 Å². The Labute approximate surface area is 169 Å². The SMILES string of the molecule is CCOc1nc(NCc2ccco2)nc(Nc2cccc(N3CCOCC3)c2)n1. The van der Waals surface area contributed by atoms with Crippen LogP contribution in [-0.4, -0.2) is 47.9 Å². The fraction of sp³-hybridized carbons (Fsp3) is 0.350. The van der Waals surface area contributed by atoms with Gasteiger partial charge in [0, 0.05) is 24.5 Å². The van der Waals surface area contributed by atoms with Crippen LogP contribution >= 0.6 is 0 Å². The molecule has 0 unspecified atom stereocenters. The molecule has 0 bridgehead atoms. The van der Waals surface area contributed by atoms with E-state index in [-0.39, 0.29) is 6.01 Å². The molecule has 0 atom stereocenters. The topological polar surface area (TPSA) is 97.6 Å². The standard InChI is InChI=1S/C20H24N6O3/c1-2-28-20-24-18(21-14-17-7-4-10-29-17)23-19(25-20)22-15-5-3-6-16(13-15)26-8-11-27-12-9-26/h3-7,10,13H,2,8-9,11-12,14H2,1H3,(H2,21,22,23,24,25). The van der Waals surface area contributed by atoms with Crippen LogP contribution in [0.25, 0.3) is 0 Å². The molecule has 152 valence electrons. The molecule has 4 rings (SSSR count). The fourth-order valence-corrected chi connectivity index (χ4v) is 3.00. The number of furan rings is 1. The minimum atomic E-state index is 0.260. The minimum Gasteiger partial charge on any atom is -0.467 e. The van der Waals surface area contributed by atoms with E-state index in [1.54, 1.807) is 6.26 Å². The van der Waals surface area contributed by atoms with E-state index in [0.29, 0.717) is 25.0 Å². The highest BCUT2D eigenvalue weighted by Gasteiger charge is 2.13. The van der Waals surface area contributed by atoms with Crippen molar-refractivity contribution >= 4 is 23.3 Å². The molecule has 1 aliphatic heterocycles. The molecule has 1 fully saturated rings. The van der Waals surface area contributed by atoms with Crippen LogP contribution in [0.15, 0.2) is 47.1 Å². The van der Waals surface area contributed by atoms with Gasteiger partial charge in [-0.25, -0.2) is 0 Å². The minimum absolute atomic E-state index is 0.260. The van der Waals surface area contributed by atoms with Crippen molar-refractivity contribution in [3.05, 3.63) is 48.4 Å². The lowest BCUT2D eigenvalue weighted by Gasteiger charge is -2.29. The lowest BCUT2D eigenvalue weighted by molar-refractivity contribution is 0.122. The molecule has 9 heteroatoms. The quantitative estimate of drug-likeness (QED) is 0.595. The summed E-state index contributed by atoms with van der Waals surface area (Å²) in [4.78, 5) is 15.4. The van der Waals surface area contributed by atoms with Gasteiger partial charge in [-0.15, -0.1) is 0 Å². The highest BCUT2D eigenvalue weighted by Crippen LogP contribution is 2.23. The molecule has 3 aromatic rings. The predicted octanol–water partition coefficient (Wildman–Crippen LogP) is 3.06. The lowest BCUT2D eigenvalue weighted by Crippen LogP contribution is -2.36. The van der Waals surface area contributed by atoms with Gasteiger partial charge in [0.05, 0.1) is 32.6 Å². The number of ether oxygens (including phenoxy) is 2. The average molecular weight is 396 g/mol. The van der Waals surface area contributed by atoms with Crippen LogP contribution in [0.4, 0.5) is 23.3 Å². The molecule has 9 nitrogen and oxygen atoms in total. The third-order valence-electron chi connectivity index (χ3n) is 4.37. The van der Waals surface area contributed by atoms with Gasteiger partial charge < -0.3 is 29.4 Å². The van der Waals surface area contributed by atoms with Gasteiger partial charge in [-0.05, 0) is 37.3 Å². The van der Waals surface area contributed by atoms with Gasteiger partial charge in [-0.1, -0.05) is 6.07 Å². The van der Waals surface area contributed by atoms with Crippen LogP contribution < -0.4 is 20.3 Å². The second kappa shape index (κ2) is 9.24. The van der Waals surface area contributed by atoms with Crippen LogP contribution in [0.5, 0.6) is 6.01 Å². The van der Waals surface area contributed by atoms with Crippen LogP contribution in [-0.2, 0) is 11.3 Å². The molecular formula is C20H24N6O3. The number of aromatic nitrogens is 3. The van der Waals surface area contributed by atoms with E-state index in [4.69, 9.17) is 13.9 Å². The first-order valence-corrected chi connectivity index (χ1v) is 9.65. The normalized spacial score (nSPS) is 13.9. The van der Waals surface area contributed by atoms with Crippen molar-refractivity contribution in [2.45, 2.75) is 13.5 Å². The Morgan fingerprint density at radius 2 is 1.93 bits per heavy atom. The molecule has 29 heavy (non-hydrogen) atoms. The van der Waals surface area contributed by atoms with Gasteiger partial charge in [0.25, 0.3) is 0 Å². The third kappa shape index (κ3) is 5.14. The Morgan fingerprint density at radius 3 is 2.72 bits per heavy atom. The van der Waals surface area contributed by atoms with Crippen molar-refractivity contribution in [1.29, 1.82) is 0 Å². The predicted molar refractivity (Wildman–Crippen MR) is 110 cm³/mol. The van der Waals surface area contributed by atoms with Crippen molar-refractivity contribution < 1.29 is 13.9 Å². The average Bonchev–Trinajstić information content (AvgIpc) is 3.27. The summed E-state index contributed by atoms with van der Waals surface area (Å²) in [7, 11) is 0. The van der Waals surface area contributed by atoms with Gasteiger partial charge in [-0.3, -0.25) is 0 Å². The summed E-state index contributed by atoms with van der Waals surface area (Å²) in [5.74, 6) is 1.60. The summed E-state index contributed by atoms with van der Waals surface area (Å²) in [6, 6.07) is 12.1. The van der Waals surface area contributed by atoms with E-state index in [1.165, 1.54) is 0 Å². The Balaban J connectivity index is 1.50. The molecule has 0 aliphatic carbocycles. The van der Waals surface area contributed by atoms with Crippen molar-refractivity contribution in [2.75, 3.05) is 48.4 Å². The molecule has 0 radical (unpaired) electrons. The Kier molecular flexibility index (Phi) is 6.06. The summed E-state index contributed by atoms with van der Waals surface area (Å²) in [6.45, 7) is 6.07. The molecule has 2 aromatic heterocycles. The van der Waals surface area contributed by atoms with Crippen LogP contribution in [0.1, 0.15) is 12.7 Å². The number of nitrogens with zero attached hydrogens (tertiary/aromatic N) is 4. The van der Waals surface area contributed by atoms with Gasteiger partial charge in [0.15, 0.2) is 0 Å². The second-order valence-electron chi connectivity index (χ2n) is 6.41. The Bertz CT molecular complexity index is 912. The molecule has 1 saturated heterocycles. The highest BCUT2D eigenvalue weighted by atomic mass is 16.5. The van der Waals surface area contributed by atoms with Gasteiger partial charge in [-0.2, -0.15) is 15.0 Å². The lowest BCUT2D eigenvalue weighted by atomic mass is 10.2. The first-order chi connectivity index (χ1) is 14.3. The number of nitrogens with one attached hydrogen (secondary N) is 2. The van der Waals surface area contributed by atoms with E-state index >= 15 is 0 Å². The van der Waals surface area contributed by atoms with Crippen molar-refractivity contribution in [3.63, 3.8) is 0 Å². The maximum Gasteiger partial charge on any atom is 0.323 e. The number of anilines is 4. The van der Waals surface area contributed by atoms with E-state index < -0.39 is 0 Å². The number of hydrogen-bond donors (Lipinski definition) is 2. The van der Waals surface area contributed by atoms with E-state index in [1.807, 2.05) is 31.2 Å². The first-order valence-electron chi connectivity index (χ1n) is 9.65. The zero-order valence-electron chi connectivity index (χ0n) is 16.3. The largest absolute Gasteiger partial charge is 0.467 e. The molecule has 1 aliphatic rings. The summed E-state index contributed by atoms with van der Waals surface area (Å²) in [5, 5.41) is 6.39. The maximum absolute atomic E-state index is 5.49. The number of benzene rings is 1. The summed E-state index contributed by atoms with van der Waals surface area (Å²) in [6.07, 6.45) is 1.63. The molecule has 3 heterocycles. The summed E-state index contributed by atoms with van der Waals surface area (Å²) < 4.78 is 16.3. The van der Waals surface area contributed by atoms with E-state index in [0.717, 1.165) is 43.4 Å². The number of hydrogen-bond acceptors (Lipinski definition) is 9. The molecule has 2 N–H and O–H groups in total. The van der Waals surface area contributed by atoms with Crippen molar-refractivity contribution in [1.82, 2.24) is 15.0 Å². The monoisotopic (exact) mass is 396 g/mol. The van der Waals surface area contributed by atoms with Crippen LogP contribution in [0, 0.1) is 0 Å². The van der Waals surface area contributed by atoms with E-state index in [2.05, 4.69) is 42.6 Å². The van der Waals surface area contributed by atoms with Crippen molar-refractivity contribution in [3.8, 4) is 6.01 Å². The second-order valence-corrected chi connectivity index (χ2v) is 6.41. The number of rotatable bonds is 8.